The number of amides is 1. The molecule has 0 spiro atoms. The van der Waals surface area contributed by atoms with Crippen molar-refractivity contribution in [3.05, 3.63) is 81.2 Å². The highest BCUT2D eigenvalue weighted by Gasteiger charge is 2.18. The minimum absolute atomic E-state index is 0.0661. The van der Waals surface area contributed by atoms with Gasteiger partial charge in [0.05, 0.1) is 20.5 Å². The molecule has 0 aliphatic rings. The lowest BCUT2D eigenvalue weighted by molar-refractivity contribution is 0.0957. The van der Waals surface area contributed by atoms with Gasteiger partial charge in [-0.05, 0) is 56.7 Å². The van der Waals surface area contributed by atoms with Crippen LogP contribution in [0.15, 0.2) is 59.7 Å². The normalized spacial score (nSPS) is 11.7. The van der Waals surface area contributed by atoms with E-state index >= 15 is 0 Å². The predicted octanol–water partition coefficient (Wildman–Crippen LogP) is 4.76. The molecule has 0 saturated heterocycles. The van der Waals surface area contributed by atoms with Crippen molar-refractivity contribution >= 4 is 39.8 Å². The third-order valence-corrected chi connectivity index (χ3v) is 5.39. The van der Waals surface area contributed by atoms with E-state index in [1.165, 1.54) is 15.9 Å². The standard InChI is InChI=1S/C21H20ClN3O2S/c1-13(2)23-17-10-6-7-11-25(17)21(27)19-14(3)12-18(28-19)24-20(26)15-8-4-5-9-16(15)22/h4-13H,1-3H3,(H,24,26). The third-order valence-electron chi connectivity index (χ3n) is 3.91. The summed E-state index contributed by atoms with van der Waals surface area (Å²) in [6, 6.07) is 14.1. The van der Waals surface area contributed by atoms with Crippen molar-refractivity contribution < 1.29 is 9.59 Å². The molecule has 0 aliphatic carbocycles. The fraction of sp³-hybridized carbons (Fsp3) is 0.190. The SMILES string of the molecule is Cc1cc(NC(=O)c2ccccc2Cl)sc1C(=O)n1ccccc1=NC(C)C. The molecule has 5 nitrogen and oxygen atoms in total. The summed E-state index contributed by atoms with van der Waals surface area (Å²) < 4.78 is 1.53. The number of nitrogens with one attached hydrogen (secondary N) is 1. The van der Waals surface area contributed by atoms with Crippen LogP contribution in [0.1, 0.15) is 39.4 Å². The molecular weight excluding hydrogens is 394 g/mol. The molecule has 3 aromatic rings. The van der Waals surface area contributed by atoms with Crippen LogP contribution in [-0.4, -0.2) is 22.4 Å². The number of thiophene rings is 1. The van der Waals surface area contributed by atoms with Gasteiger partial charge in [0.15, 0.2) is 0 Å². The van der Waals surface area contributed by atoms with Crippen LogP contribution in [0.25, 0.3) is 0 Å². The monoisotopic (exact) mass is 413 g/mol. The Morgan fingerprint density at radius 3 is 2.57 bits per heavy atom. The van der Waals surface area contributed by atoms with E-state index in [0.717, 1.165) is 5.56 Å². The highest BCUT2D eigenvalue weighted by atomic mass is 35.5. The fourth-order valence-electron chi connectivity index (χ4n) is 2.67. The summed E-state index contributed by atoms with van der Waals surface area (Å²) in [7, 11) is 0. The molecule has 0 fully saturated rings. The Balaban J connectivity index is 1.90. The van der Waals surface area contributed by atoms with Gasteiger partial charge in [-0.25, -0.2) is 0 Å². The van der Waals surface area contributed by atoms with E-state index < -0.39 is 0 Å². The number of carbonyl (C=O) groups excluding carboxylic acids is 2. The quantitative estimate of drug-likeness (QED) is 0.670. The van der Waals surface area contributed by atoms with Gasteiger partial charge in [0.1, 0.15) is 5.49 Å². The van der Waals surface area contributed by atoms with Crippen LogP contribution in [0.3, 0.4) is 0 Å². The number of halogens is 1. The van der Waals surface area contributed by atoms with Gasteiger partial charge in [0.2, 0.25) is 0 Å². The Labute approximate surface area is 172 Å². The smallest absolute Gasteiger partial charge is 0.273 e. The van der Waals surface area contributed by atoms with E-state index in [-0.39, 0.29) is 17.9 Å². The molecule has 0 aliphatic heterocycles. The number of carbonyl (C=O) groups is 2. The van der Waals surface area contributed by atoms with E-state index in [0.29, 0.717) is 26.0 Å². The van der Waals surface area contributed by atoms with Crippen LogP contribution in [-0.2, 0) is 0 Å². The average molecular weight is 414 g/mol. The van der Waals surface area contributed by atoms with E-state index in [2.05, 4.69) is 10.3 Å². The van der Waals surface area contributed by atoms with Gasteiger partial charge in [-0.15, -0.1) is 11.3 Å². The topological polar surface area (TPSA) is 63.5 Å². The highest BCUT2D eigenvalue weighted by molar-refractivity contribution is 7.18. The molecule has 0 radical (unpaired) electrons. The molecule has 0 atom stereocenters. The van der Waals surface area contributed by atoms with Gasteiger partial charge in [0.25, 0.3) is 11.8 Å². The molecule has 7 heteroatoms. The van der Waals surface area contributed by atoms with Gasteiger partial charge >= 0.3 is 0 Å². The summed E-state index contributed by atoms with van der Waals surface area (Å²) in [5, 5.41) is 3.79. The second kappa shape index (κ2) is 8.54. The summed E-state index contributed by atoms with van der Waals surface area (Å²) in [6.45, 7) is 5.76. The molecule has 1 amide bonds. The molecule has 0 unspecified atom stereocenters. The molecule has 2 heterocycles. The van der Waals surface area contributed by atoms with Gasteiger partial charge in [0, 0.05) is 12.2 Å². The Hall–Kier alpha value is -2.70. The fourth-order valence-corrected chi connectivity index (χ4v) is 3.89. The maximum absolute atomic E-state index is 13.1. The number of pyridine rings is 1. The maximum atomic E-state index is 13.1. The number of aryl methyl sites for hydroxylation is 1. The first-order chi connectivity index (χ1) is 13.4. The van der Waals surface area contributed by atoms with Crippen LogP contribution in [0, 0.1) is 6.92 Å². The van der Waals surface area contributed by atoms with Crippen molar-refractivity contribution in [2.24, 2.45) is 4.99 Å². The van der Waals surface area contributed by atoms with Crippen molar-refractivity contribution in [1.82, 2.24) is 4.57 Å². The molecule has 0 bridgehead atoms. The number of hydrogen-bond donors (Lipinski definition) is 1. The number of benzene rings is 1. The maximum Gasteiger partial charge on any atom is 0.273 e. The number of nitrogens with zero attached hydrogens (tertiary/aromatic N) is 2. The Kier molecular flexibility index (Phi) is 6.11. The van der Waals surface area contributed by atoms with Crippen LogP contribution in [0.5, 0.6) is 0 Å². The number of anilines is 1. The van der Waals surface area contributed by atoms with Crippen molar-refractivity contribution in [3.63, 3.8) is 0 Å². The first-order valence-electron chi connectivity index (χ1n) is 8.79. The van der Waals surface area contributed by atoms with Crippen molar-refractivity contribution in [3.8, 4) is 0 Å². The second-order valence-electron chi connectivity index (χ2n) is 6.51. The zero-order valence-corrected chi connectivity index (χ0v) is 17.3. The van der Waals surface area contributed by atoms with Gasteiger partial charge < -0.3 is 5.32 Å². The molecule has 28 heavy (non-hydrogen) atoms. The number of aromatic nitrogens is 1. The first kappa shape index (κ1) is 20.0. The van der Waals surface area contributed by atoms with Gasteiger partial charge in [-0.1, -0.05) is 29.8 Å². The minimum atomic E-state index is -0.311. The number of rotatable bonds is 4. The third kappa shape index (κ3) is 4.40. The van der Waals surface area contributed by atoms with Crippen LogP contribution < -0.4 is 10.8 Å². The summed E-state index contributed by atoms with van der Waals surface area (Å²) >= 11 is 7.32. The van der Waals surface area contributed by atoms with E-state index in [1.807, 2.05) is 26.8 Å². The Morgan fingerprint density at radius 1 is 1.14 bits per heavy atom. The molecule has 144 valence electrons. The zero-order chi connectivity index (χ0) is 20.3. The lowest BCUT2D eigenvalue weighted by Crippen LogP contribution is -2.27. The Morgan fingerprint density at radius 2 is 1.86 bits per heavy atom. The summed E-state index contributed by atoms with van der Waals surface area (Å²) in [5.74, 6) is -0.491. The molecule has 0 saturated carbocycles. The summed E-state index contributed by atoms with van der Waals surface area (Å²) in [6.07, 6.45) is 1.70. The highest BCUT2D eigenvalue weighted by Crippen LogP contribution is 2.28. The molecule has 1 aromatic carbocycles. The zero-order valence-electron chi connectivity index (χ0n) is 15.8. The van der Waals surface area contributed by atoms with E-state index in [9.17, 15) is 9.59 Å². The van der Waals surface area contributed by atoms with Crippen molar-refractivity contribution in [1.29, 1.82) is 0 Å². The predicted molar refractivity (Wildman–Crippen MR) is 113 cm³/mol. The van der Waals surface area contributed by atoms with Crippen molar-refractivity contribution in [2.75, 3.05) is 5.32 Å². The van der Waals surface area contributed by atoms with Crippen LogP contribution in [0.4, 0.5) is 5.00 Å². The summed E-state index contributed by atoms with van der Waals surface area (Å²) in [4.78, 5) is 30.6. The minimum Gasteiger partial charge on any atom is -0.313 e. The first-order valence-corrected chi connectivity index (χ1v) is 9.99. The average Bonchev–Trinajstić information content (AvgIpc) is 3.01. The molecule has 3 rings (SSSR count). The molecule has 2 aromatic heterocycles. The second-order valence-corrected chi connectivity index (χ2v) is 7.97. The summed E-state index contributed by atoms with van der Waals surface area (Å²) in [5.41, 5.74) is 1.77. The lowest BCUT2D eigenvalue weighted by Gasteiger charge is -2.06. The number of hydrogen-bond acceptors (Lipinski definition) is 4. The van der Waals surface area contributed by atoms with E-state index in [1.54, 1.807) is 48.7 Å². The van der Waals surface area contributed by atoms with Gasteiger partial charge in [-0.2, -0.15) is 0 Å². The lowest BCUT2D eigenvalue weighted by atomic mass is 10.2. The van der Waals surface area contributed by atoms with Crippen LogP contribution in [0.2, 0.25) is 5.02 Å². The molecule has 1 N–H and O–H groups in total. The van der Waals surface area contributed by atoms with E-state index in [4.69, 9.17) is 11.6 Å². The van der Waals surface area contributed by atoms with Gasteiger partial charge in [-0.3, -0.25) is 19.1 Å². The molecular formula is C21H20ClN3O2S. The van der Waals surface area contributed by atoms with Crippen molar-refractivity contribution in [2.45, 2.75) is 26.8 Å². The Bertz CT molecular complexity index is 1100. The van der Waals surface area contributed by atoms with Crippen LogP contribution >= 0.6 is 22.9 Å². The largest absolute Gasteiger partial charge is 0.313 e.